The Labute approximate surface area is 91.8 Å². The van der Waals surface area contributed by atoms with Crippen LogP contribution in [0.15, 0.2) is 16.9 Å². The first-order valence-corrected chi connectivity index (χ1v) is 5.05. The second kappa shape index (κ2) is 3.96. The van der Waals surface area contributed by atoms with E-state index in [4.69, 9.17) is 5.11 Å². The van der Waals surface area contributed by atoms with Gasteiger partial charge in [0, 0.05) is 12.6 Å². The van der Waals surface area contributed by atoms with Crippen LogP contribution in [0.1, 0.15) is 23.8 Å². The summed E-state index contributed by atoms with van der Waals surface area (Å²) in [5, 5.41) is 12.6. The van der Waals surface area contributed by atoms with Crippen LogP contribution in [0.2, 0.25) is 0 Å². The zero-order valence-electron chi connectivity index (χ0n) is 8.79. The third kappa shape index (κ3) is 1.66. The van der Waals surface area contributed by atoms with E-state index in [9.17, 15) is 9.59 Å². The Morgan fingerprint density at radius 2 is 2.38 bits per heavy atom. The van der Waals surface area contributed by atoms with E-state index >= 15 is 0 Å². The van der Waals surface area contributed by atoms with Crippen LogP contribution in [-0.2, 0) is 4.79 Å². The molecule has 6 heteroatoms. The van der Waals surface area contributed by atoms with E-state index in [1.165, 1.54) is 17.2 Å². The quantitative estimate of drug-likeness (QED) is 0.795. The van der Waals surface area contributed by atoms with Crippen LogP contribution in [0, 0.1) is 5.92 Å². The van der Waals surface area contributed by atoms with Crippen molar-refractivity contribution in [3.8, 4) is 0 Å². The van der Waals surface area contributed by atoms with Gasteiger partial charge in [0.1, 0.15) is 12.3 Å². The van der Waals surface area contributed by atoms with Gasteiger partial charge in [-0.2, -0.15) is 0 Å². The molecule has 2 atom stereocenters. The third-order valence-electron chi connectivity index (χ3n) is 2.87. The van der Waals surface area contributed by atoms with Crippen molar-refractivity contribution in [2.75, 3.05) is 6.54 Å². The van der Waals surface area contributed by atoms with Crippen LogP contribution in [0.25, 0.3) is 0 Å². The number of amides is 1. The lowest BCUT2D eigenvalue weighted by atomic mass is 10.0. The van der Waals surface area contributed by atoms with Gasteiger partial charge < -0.3 is 14.5 Å². The lowest BCUT2D eigenvalue weighted by Crippen LogP contribution is -2.42. The summed E-state index contributed by atoms with van der Waals surface area (Å²) in [6.07, 6.45) is 1.99. The van der Waals surface area contributed by atoms with Crippen molar-refractivity contribution in [3.05, 3.63) is 18.0 Å². The van der Waals surface area contributed by atoms with Gasteiger partial charge in [-0.3, -0.25) is 4.79 Å². The highest BCUT2D eigenvalue weighted by Crippen LogP contribution is 2.25. The highest BCUT2D eigenvalue weighted by Gasteiger charge is 2.40. The molecule has 6 nitrogen and oxygen atoms in total. The van der Waals surface area contributed by atoms with Crippen molar-refractivity contribution < 1.29 is 19.2 Å². The zero-order valence-corrected chi connectivity index (χ0v) is 8.79. The maximum absolute atomic E-state index is 11.9. The molecule has 2 unspecified atom stereocenters. The molecule has 16 heavy (non-hydrogen) atoms. The summed E-state index contributed by atoms with van der Waals surface area (Å²) in [6.45, 7) is 2.28. The Morgan fingerprint density at radius 3 is 2.94 bits per heavy atom. The van der Waals surface area contributed by atoms with Gasteiger partial charge >= 0.3 is 5.97 Å². The van der Waals surface area contributed by atoms with E-state index in [1.54, 1.807) is 0 Å². The fourth-order valence-electron chi connectivity index (χ4n) is 2.02. The van der Waals surface area contributed by atoms with Crippen molar-refractivity contribution in [1.82, 2.24) is 10.1 Å². The largest absolute Gasteiger partial charge is 0.480 e. The molecule has 1 aliphatic heterocycles. The molecular formula is C10H12N2O4. The predicted molar refractivity (Wildman–Crippen MR) is 52.7 cm³/mol. The number of carbonyl (C=O) groups is 2. The summed E-state index contributed by atoms with van der Waals surface area (Å²) in [4.78, 5) is 24.3. The number of carboxylic acids is 1. The monoisotopic (exact) mass is 224 g/mol. The Hall–Kier alpha value is -1.85. The van der Waals surface area contributed by atoms with Crippen molar-refractivity contribution in [1.29, 1.82) is 0 Å². The van der Waals surface area contributed by atoms with E-state index in [0.29, 0.717) is 13.0 Å². The molecule has 0 bridgehead atoms. The normalized spacial score (nSPS) is 24.7. The van der Waals surface area contributed by atoms with Gasteiger partial charge in [-0.05, 0) is 12.3 Å². The number of likely N-dealkylation sites (tertiary alicyclic amines) is 1. The Bertz CT molecular complexity index is 401. The first kappa shape index (κ1) is 10.7. The maximum atomic E-state index is 11.9. The molecule has 2 heterocycles. The Morgan fingerprint density at radius 1 is 1.62 bits per heavy atom. The van der Waals surface area contributed by atoms with Crippen molar-refractivity contribution >= 4 is 11.9 Å². The maximum Gasteiger partial charge on any atom is 0.326 e. The first-order valence-electron chi connectivity index (χ1n) is 5.05. The molecule has 1 aromatic heterocycles. The molecule has 0 spiro atoms. The van der Waals surface area contributed by atoms with Gasteiger partial charge in [-0.1, -0.05) is 12.1 Å². The first-order chi connectivity index (χ1) is 7.61. The SMILES string of the molecule is CC1CCN(C(=O)c2ccon2)C1C(=O)O. The summed E-state index contributed by atoms with van der Waals surface area (Å²) in [5.74, 6) is -1.39. The van der Waals surface area contributed by atoms with E-state index < -0.39 is 12.0 Å². The number of carboxylic acid groups (broad SMARTS) is 1. The minimum atomic E-state index is -0.971. The van der Waals surface area contributed by atoms with Crippen molar-refractivity contribution in [2.24, 2.45) is 5.92 Å². The van der Waals surface area contributed by atoms with Crippen LogP contribution in [-0.4, -0.2) is 39.6 Å². The Balaban J connectivity index is 2.21. The Kier molecular flexibility index (Phi) is 2.64. The summed E-state index contributed by atoms with van der Waals surface area (Å²) < 4.78 is 4.57. The predicted octanol–water partition coefficient (Wildman–Crippen LogP) is 0.610. The van der Waals surface area contributed by atoms with Crippen molar-refractivity contribution in [2.45, 2.75) is 19.4 Å². The molecule has 1 fully saturated rings. The highest BCUT2D eigenvalue weighted by atomic mass is 16.5. The summed E-state index contributed by atoms with van der Waals surface area (Å²) in [6, 6.07) is 0.675. The van der Waals surface area contributed by atoms with Crippen LogP contribution in [0.4, 0.5) is 0 Å². The molecule has 1 aromatic rings. The molecule has 0 saturated carbocycles. The number of aromatic nitrogens is 1. The topological polar surface area (TPSA) is 83.6 Å². The molecule has 2 rings (SSSR count). The number of rotatable bonds is 2. The van der Waals surface area contributed by atoms with Crippen molar-refractivity contribution in [3.63, 3.8) is 0 Å². The number of hydrogen-bond donors (Lipinski definition) is 1. The second-order valence-electron chi connectivity index (χ2n) is 3.93. The molecule has 1 saturated heterocycles. The fourth-order valence-corrected chi connectivity index (χ4v) is 2.02. The fraction of sp³-hybridized carbons (Fsp3) is 0.500. The zero-order chi connectivity index (χ0) is 11.7. The highest BCUT2D eigenvalue weighted by molar-refractivity contribution is 5.95. The summed E-state index contributed by atoms with van der Waals surface area (Å²) in [5.41, 5.74) is 0.153. The number of aliphatic carboxylic acids is 1. The molecular weight excluding hydrogens is 212 g/mol. The van der Waals surface area contributed by atoms with E-state index in [-0.39, 0.29) is 17.5 Å². The molecule has 0 aromatic carbocycles. The summed E-state index contributed by atoms with van der Waals surface area (Å²) >= 11 is 0. The molecule has 0 radical (unpaired) electrons. The second-order valence-corrected chi connectivity index (χ2v) is 3.93. The minimum absolute atomic E-state index is 0.0339. The minimum Gasteiger partial charge on any atom is -0.480 e. The number of nitrogens with zero attached hydrogens (tertiary/aromatic N) is 2. The van der Waals surface area contributed by atoms with Gasteiger partial charge in [0.25, 0.3) is 5.91 Å². The number of carbonyl (C=O) groups excluding carboxylic acids is 1. The molecule has 1 amide bonds. The van der Waals surface area contributed by atoms with Gasteiger partial charge in [0.2, 0.25) is 0 Å². The average molecular weight is 224 g/mol. The molecule has 0 aliphatic carbocycles. The van der Waals surface area contributed by atoms with Gasteiger partial charge in [-0.25, -0.2) is 4.79 Å². The lowest BCUT2D eigenvalue weighted by Gasteiger charge is -2.22. The standard InChI is InChI=1S/C10H12N2O4/c1-6-2-4-12(8(6)10(14)15)9(13)7-3-5-16-11-7/h3,5-6,8H,2,4H2,1H3,(H,14,15). The van der Waals surface area contributed by atoms with Crippen LogP contribution >= 0.6 is 0 Å². The summed E-state index contributed by atoms with van der Waals surface area (Å²) in [7, 11) is 0. The molecule has 86 valence electrons. The van der Waals surface area contributed by atoms with Crippen LogP contribution in [0.5, 0.6) is 0 Å². The van der Waals surface area contributed by atoms with E-state index in [1.807, 2.05) is 6.92 Å². The van der Waals surface area contributed by atoms with E-state index in [0.717, 1.165) is 0 Å². The smallest absolute Gasteiger partial charge is 0.326 e. The van der Waals surface area contributed by atoms with Crippen LogP contribution < -0.4 is 0 Å². The van der Waals surface area contributed by atoms with Gasteiger partial charge in [0.15, 0.2) is 5.69 Å². The third-order valence-corrected chi connectivity index (χ3v) is 2.87. The van der Waals surface area contributed by atoms with E-state index in [2.05, 4.69) is 9.68 Å². The lowest BCUT2D eigenvalue weighted by molar-refractivity contribution is -0.142. The molecule has 1 aliphatic rings. The average Bonchev–Trinajstić information content (AvgIpc) is 2.84. The van der Waals surface area contributed by atoms with Crippen LogP contribution in [0.3, 0.4) is 0 Å². The molecule has 1 N–H and O–H groups in total. The number of hydrogen-bond acceptors (Lipinski definition) is 4. The van der Waals surface area contributed by atoms with Gasteiger partial charge in [0.05, 0.1) is 0 Å². The van der Waals surface area contributed by atoms with Gasteiger partial charge in [-0.15, -0.1) is 0 Å².